The van der Waals surface area contributed by atoms with Gasteiger partial charge in [-0.25, -0.2) is 14.0 Å². The maximum Gasteiger partial charge on any atom is 0.330 e. The van der Waals surface area contributed by atoms with E-state index in [1.807, 2.05) is 30.3 Å². The minimum absolute atomic E-state index is 0.0309. The van der Waals surface area contributed by atoms with Crippen LogP contribution in [0.15, 0.2) is 48.5 Å². The first-order valence-corrected chi connectivity index (χ1v) is 8.57. The molecule has 136 valence electrons. The molecule has 0 saturated heterocycles. The highest BCUT2D eigenvalue weighted by Crippen LogP contribution is 2.48. The molecule has 4 N–H and O–H groups in total. The molecule has 5 nitrogen and oxygen atoms in total. The van der Waals surface area contributed by atoms with E-state index in [4.69, 9.17) is 17.3 Å². The van der Waals surface area contributed by atoms with Crippen molar-refractivity contribution in [2.75, 3.05) is 0 Å². The molecular formula is C19H18ClFN2O3. The molecule has 3 atom stereocenters. The normalized spacial score (nSPS) is 25.0. The lowest BCUT2D eigenvalue weighted by molar-refractivity contribution is -0.144. The van der Waals surface area contributed by atoms with E-state index in [0.717, 1.165) is 5.56 Å². The fourth-order valence-corrected chi connectivity index (χ4v) is 4.19. The molecule has 0 aromatic heterocycles. The summed E-state index contributed by atoms with van der Waals surface area (Å²) >= 11 is 6.27. The van der Waals surface area contributed by atoms with Crippen molar-refractivity contribution >= 4 is 23.6 Å². The Labute approximate surface area is 155 Å². The van der Waals surface area contributed by atoms with Crippen LogP contribution in [0.2, 0.25) is 0 Å². The maximum absolute atomic E-state index is 13.9. The molecule has 1 saturated carbocycles. The number of halogens is 2. The molecule has 0 bridgehead atoms. The van der Waals surface area contributed by atoms with Gasteiger partial charge in [0.25, 0.3) is 0 Å². The van der Waals surface area contributed by atoms with E-state index in [-0.39, 0.29) is 6.42 Å². The number of aliphatic carboxylic acids is 1. The van der Waals surface area contributed by atoms with Crippen LogP contribution in [0, 0.1) is 5.82 Å². The second-order valence-electron chi connectivity index (χ2n) is 6.45. The van der Waals surface area contributed by atoms with Crippen LogP contribution in [0.25, 0.3) is 11.1 Å². The number of alkyl halides is 1. The monoisotopic (exact) mass is 376 g/mol. The number of hydrogen-bond acceptors (Lipinski definition) is 2. The average Bonchev–Trinajstić information content (AvgIpc) is 2.92. The van der Waals surface area contributed by atoms with Crippen molar-refractivity contribution < 1.29 is 19.1 Å². The first-order valence-electron chi connectivity index (χ1n) is 8.13. The van der Waals surface area contributed by atoms with Crippen molar-refractivity contribution in [3.05, 3.63) is 59.9 Å². The second kappa shape index (κ2) is 6.96. The molecule has 0 spiro atoms. The first kappa shape index (κ1) is 18.2. The number of primary amides is 1. The number of rotatable bonds is 4. The zero-order chi connectivity index (χ0) is 18.9. The molecule has 0 aliphatic heterocycles. The van der Waals surface area contributed by atoms with E-state index in [2.05, 4.69) is 5.32 Å². The third kappa shape index (κ3) is 3.24. The summed E-state index contributed by atoms with van der Waals surface area (Å²) in [6.45, 7) is 0. The molecule has 0 radical (unpaired) electrons. The van der Waals surface area contributed by atoms with Gasteiger partial charge in [0.15, 0.2) is 0 Å². The van der Waals surface area contributed by atoms with Crippen LogP contribution >= 0.6 is 11.6 Å². The Morgan fingerprint density at radius 1 is 1.23 bits per heavy atom. The van der Waals surface area contributed by atoms with E-state index in [1.165, 1.54) is 12.1 Å². The summed E-state index contributed by atoms with van der Waals surface area (Å²) in [5, 5.41) is 11.8. The number of nitrogens with one attached hydrogen (secondary N) is 1. The Morgan fingerprint density at radius 3 is 2.54 bits per heavy atom. The van der Waals surface area contributed by atoms with Gasteiger partial charge in [0.1, 0.15) is 11.4 Å². The summed E-state index contributed by atoms with van der Waals surface area (Å²) < 4.78 is 13.9. The van der Waals surface area contributed by atoms with Crippen molar-refractivity contribution in [2.24, 2.45) is 5.73 Å². The Hall–Kier alpha value is -2.60. The number of carboxylic acids is 1. The van der Waals surface area contributed by atoms with E-state index >= 15 is 0 Å². The highest BCUT2D eigenvalue weighted by molar-refractivity contribution is 6.21. The van der Waals surface area contributed by atoms with Gasteiger partial charge in [0.2, 0.25) is 0 Å². The van der Waals surface area contributed by atoms with Crippen LogP contribution < -0.4 is 11.1 Å². The fourth-order valence-electron chi connectivity index (χ4n) is 3.77. The summed E-state index contributed by atoms with van der Waals surface area (Å²) in [6, 6.07) is 12.4. The highest BCUT2D eigenvalue weighted by atomic mass is 35.5. The third-order valence-electron chi connectivity index (χ3n) is 4.83. The molecule has 2 aromatic carbocycles. The Morgan fingerprint density at radius 2 is 1.92 bits per heavy atom. The number of carbonyl (C=O) groups excluding carboxylic acids is 1. The minimum atomic E-state index is -1.64. The van der Waals surface area contributed by atoms with Crippen LogP contribution in [0.4, 0.5) is 9.18 Å². The third-order valence-corrected chi connectivity index (χ3v) is 5.17. The lowest BCUT2D eigenvalue weighted by Gasteiger charge is -2.33. The Balaban J connectivity index is 2.18. The average molecular weight is 377 g/mol. The molecule has 3 rings (SSSR count). The summed E-state index contributed by atoms with van der Waals surface area (Å²) in [7, 11) is 0. The van der Waals surface area contributed by atoms with Crippen molar-refractivity contribution in [1.29, 1.82) is 0 Å². The Bertz CT molecular complexity index is 846. The van der Waals surface area contributed by atoms with Gasteiger partial charge < -0.3 is 16.2 Å². The predicted molar refractivity (Wildman–Crippen MR) is 96.5 cm³/mol. The molecule has 26 heavy (non-hydrogen) atoms. The zero-order valence-electron chi connectivity index (χ0n) is 13.8. The summed E-state index contributed by atoms with van der Waals surface area (Å²) in [6.07, 6.45) is 0.350. The van der Waals surface area contributed by atoms with E-state index in [0.29, 0.717) is 17.5 Å². The molecule has 1 aliphatic rings. The molecule has 7 heteroatoms. The maximum atomic E-state index is 13.9. The van der Waals surface area contributed by atoms with Crippen molar-refractivity contribution in [1.82, 2.24) is 5.32 Å². The molecule has 2 amide bonds. The van der Waals surface area contributed by atoms with Crippen LogP contribution in [0.5, 0.6) is 0 Å². The van der Waals surface area contributed by atoms with Gasteiger partial charge in [-0.05, 0) is 41.7 Å². The number of carbonyl (C=O) groups is 2. The van der Waals surface area contributed by atoms with Crippen molar-refractivity contribution in [3.8, 4) is 11.1 Å². The van der Waals surface area contributed by atoms with E-state index in [1.54, 1.807) is 6.07 Å². The number of benzene rings is 2. The van der Waals surface area contributed by atoms with Gasteiger partial charge in [-0.1, -0.05) is 36.4 Å². The van der Waals surface area contributed by atoms with Gasteiger partial charge in [-0.2, -0.15) is 0 Å². The van der Waals surface area contributed by atoms with Crippen LogP contribution in [0.1, 0.15) is 24.3 Å². The molecule has 2 aromatic rings. The van der Waals surface area contributed by atoms with Crippen LogP contribution in [-0.2, 0) is 4.79 Å². The number of urea groups is 1. The van der Waals surface area contributed by atoms with Gasteiger partial charge in [0.05, 0.1) is 0 Å². The van der Waals surface area contributed by atoms with Crippen molar-refractivity contribution in [2.45, 2.75) is 29.7 Å². The number of carboxylic acid groups (broad SMARTS) is 1. The SMILES string of the molecule is NC(=O)NC1(C(=O)O)CC(Cl)CC1c1ccc(F)cc1-c1ccccc1. The van der Waals surface area contributed by atoms with Crippen molar-refractivity contribution in [3.63, 3.8) is 0 Å². The second-order valence-corrected chi connectivity index (χ2v) is 7.07. The molecule has 1 aliphatic carbocycles. The molecular weight excluding hydrogens is 359 g/mol. The number of amides is 2. The van der Waals surface area contributed by atoms with E-state index < -0.39 is 34.7 Å². The Kier molecular flexibility index (Phi) is 4.87. The topological polar surface area (TPSA) is 92.4 Å². The smallest absolute Gasteiger partial charge is 0.330 e. The lowest BCUT2D eigenvalue weighted by atomic mass is 9.79. The van der Waals surface area contributed by atoms with Gasteiger partial charge in [-0.15, -0.1) is 11.6 Å². The quantitative estimate of drug-likeness (QED) is 0.713. The van der Waals surface area contributed by atoms with E-state index in [9.17, 15) is 19.1 Å². The molecule has 1 fully saturated rings. The van der Waals surface area contributed by atoms with Crippen LogP contribution in [-0.4, -0.2) is 28.0 Å². The number of nitrogens with two attached hydrogens (primary N) is 1. The standard InChI is InChI=1S/C19H18ClFN2O3/c20-12-8-16(19(10-12,17(24)25)23-18(22)26)14-7-6-13(21)9-15(14)11-4-2-1-3-5-11/h1-7,9,12,16H,8,10H2,(H,24,25)(H3,22,23,26). The lowest BCUT2D eigenvalue weighted by Crippen LogP contribution is -2.57. The minimum Gasteiger partial charge on any atom is -0.479 e. The van der Waals surface area contributed by atoms with Gasteiger partial charge in [0, 0.05) is 11.3 Å². The first-order chi connectivity index (χ1) is 12.3. The summed E-state index contributed by atoms with van der Waals surface area (Å²) in [5.74, 6) is -2.30. The summed E-state index contributed by atoms with van der Waals surface area (Å²) in [4.78, 5) is 23.6. The van der Waals surface area contributed by atoms with Gasteiger partial charge >= 0.3 is 12.0 Å². The summed E-state index contributed by atoms with van der Waals surface area (Å²) in [5.41, 5.74) is 5.52. The largest absolute Gasteiger partial charge is 0.479 e. The molecule has 0 heterocycles. The van der Waals surface area contributed by atoms with Gasteiger partial charge in [-0.3, -0.25) is 0 Å². The zero-order valence-corrected chi connectivity index (χ0v) is 14.5. The number of hydrogen-bond donors (Lipinski definition) is 3. The molecule has 3 unspecified atom stereocenters. The predicted octanol–water partition coefficient (Wildman–Crippen LogP) is 3.47. The fraction of sp³-hybridized carbons (Fsp3) is 0.263. The highest BCUT2D eigenvalue weighted by Gasteiger charge is 2.54. The van der Waals surface area contributed by atoms with Crippen LogP contribution in [0.3, 0.4) is 0 Å².